The Hall–Kier alpha value is -2.58. The molecule has 1 N–H and O–H groups in total. The topological polar surface area (TPSA) is 73.3 Å². The molecule has 1 aromatic heterocycles. The van der Waals surface area contributed by atoms with Gasteiger partial charge < -0.3 is 14.8 Å². The minimum Gasteiger partial charge on any atom is -0.493 e. The minimum atomic E-state index is -0.0646. The van der Waals surface area contributed by atoms with Crippen molar-refractivity contribution in [3.63, 3.8) is 0 Å². The van der Waals surface area contributed by atoms with Crippen LogP contribution in [0.15, 0.2) is 57.2 Å². The standard InChI is InChI=1S/C19H19N3O3S2/c1-24-15-8-5-6-13(18(15)25-2)10-11-17(23)21-14-7-3-4-9-16(14)27-19-22-20-12-26-19/h3-9,12H,10-11H2,1-2H3,(H,21,23). The Labute approximate surface area is 165 Å². The van der Waals surface area contributed by atoms with Gasteiger partial charge in [-0.3, -0.25) is 4.79 Å². The lowest BCUT2D eigenvalue weighted by atomic mass is 10.1. The molecule has 2 aromatic carbocycles. The molecule has 0 aliphatic carbocycles. The van der Waals surface area contributed by atoms with Crippen LogP contribution in [0.4, 0.5) is 5.69 Å². The lowest BCUT2D eigenvalue weighted by molar-refractivity contribution is -0.116. The first kappa shape index (κ1) is 19.2. The second kappa shape index (κ2) is 9.38. The van der Waals surface area contributed by atoms with E-state index < -0.39 is 0 Å². The van der Waals surface area contributed by atoms with Gasteiger partial charge >= 0.3 is 0 Å². The third kappa shape index (κ3) is 4.99. The number of hydrogen-bond donors (Lipinski definition) is 1. The number of anilines is 1. The highest BCUT2D eigenvalue weighted by atomic mass is 32.2. The summed E-state index contributed by atoms with van der Waals surface area (Å²) in [6, 6.07) is 13.3. The van der Waals surface area contributed by atoms with E-state index >= 15 is 0 Å². The SMILES string of the molecule is COc1cccc(CCC(=O)Nc2ccccc2Sc2nncs2)c1OC. The number of carbonyl (C=O) groups excluding carboxylic acids is 1. The predicted molar refractivity (Wildman–Crippen MR) is 107 cm³/mol. The second-order valence-corrected chi connectivity index (χ2v) is 7.63. The van der Waals surface area contributed by atoms with Crippen molar-refractivity contribution >= 4 is 34.7 Å². The molecule has 0 aliphatic rings. The van der Waals surface area contributed by atoms with Crippen LogP contribution in [0.3, 0.4) is 0 Å². The van der Waals surface area contributed by atoms with Crippen molar-refractivity contribution in [1.82, 2.24) is 10.2 Å². The van der Waals surface area contributed by atoms with E-state index in [1.165, 1.54) is 23.1 Å². The van der Waals surface area contributed by atoms with Crippen LogP contribution >= 0.6 is 23.1 Å². The van der Waals surface area contributed by atoms with Gasteiger partial charge in [0, 0.05) is 11.3 Å². The molecular formula is C19H19N3O3S2. The molecule has 0 radical (unpaired) electrons. The van der Waals surface area contributed by atoms with Gasteiger partial charge in [-0.1, -0.05) is 47.4 Å². The molecule has 140 valence electrons. The zero-order valence-electron chi connectivity index (χ0n) is 15.0. The zero-order chi connectivity index (χ0) is 19.1. The summed E-state index contributed by atoms with van der Waals surface area (Å²) in [7, 11) is 3.20. The minimum absolute atomic E-state index is 0.0646. The Bertz CT molecular complexity index is 901. The molecule has 8 heteroatoms. The quantitative estimate of drug-likeness (QED) is 0.607. The van der Waals surface area contributed by atoms with Gasteiger partial charge in [0.25, 0.3) is 0 Å². The summed E-state index contributed by atoms with van der Waals surface area (Å²) in [5, 5.41) is 10.9. The Morgan fingerprint density at radius 2 is 2.00 bits per heavy atom. The largest absolute Gasteiger partial charge is 0.493 e. The fraction of sp³-hybridized carbons (Fsp3) is 0.211. The summed E-state index contributed by atoms with van der Waals surface area (Å²) in [5.41, 5.74) is 3.38. The summed E-state index contributed by atoms with van der Waals surface area (Å²) < 4.78 is 11.6. The molecule has 1 amide bonds. The molecule has 0 spiro atoms. The van der Waals surface area contributed by atoms with Crippen molar-refractivity contribution in [2.75, 3.05) is 19.5 Å². The number of nitrogens with zero attached hydrogens (tertiary/aromatic N) is 2. The van der Waals surface area contributed by atoms with Crippen molar-refractivity contribution in [2.45, 2.75) is 22.1 Å². The first-order valence-corrected chi connectivity index (χ1v) is 9.93. The van der Waals surface area contributed by atoms with Crippen LogP contribution in [0.5, 0.6) is 11.5 Å². The van der Waals surface area contributed by atoms with Crippen LogP contribution < -0.4 is 14.8 Å². The number of amides is 1. The number of para-hydroxylation sites is 2. The van der Waals surface area contributed by atoms with E-state index in [9.17, 15) is 4.79 Å². The average Bonchev–Trinajstić information content (AvgIpc) is 3.20. The summed E-state index contributed by atoms with van der Waals surface area (Å²) in [4.78, 5) is 13.4. The number of aromatic nitrogens is 2. The van der Waals surface area contributed by atoms with Crippen molar-refractivity contribution in [1.29, 1.82) is 0 Å². The van der Waals surface area contributed by atoms with Crippen molar-refractivity contribution in [2.24, 2.45) is 0 Å². The fourth-order valence-corrected chi connectivity index (χ4v) is 4.09. The Morgan fingerprint density at radius 3 is 2.74 bits per heavy atom. The molecule has 0 saturated carbocycles. The Morgan fingerprint density at radius 1 is 1.15 bits per heavy atom. The van der Waals surface area contributed by atoms with Gasteiger partial charge in [-0.05, 0) is 30.2 Å². The molecule has 0 aliphatic heterocycles. The Kier molecular flexibility index (Phi) is 6.67. The van der Waals surface area contributed by atoms with Gasteiger partial charge in [-0.15, -0.1) is 10.2 Å². The molecule has 0 atom stereocenters. The number of benzene rings is 2. The molecule has 0 saturated heterocycles. The van der Waals surface area contributed by atoms with Gasteiger partial charge in [0.1, 0.15) is 5.51 Å². The van der Waals surface area contributed by atoms with Gasteiger partial charge in [-0.25, -0.2) is 0 Å². The monoisotopic (exact) mass is 401 g/mol. The third-order valence-corrected chi connectivity index (χ3v) is 5.66. The van der Waals surface area contributed by atoms with Gasteiger partial charge in [0.2, 0.25) is 5.91 Å². The average molecular weight is 402 g/mol. The van der Waals surface area contributed by atoms with Gasteiger partial charge in [0.15, 0.2) is 15.8 Å². The molecule has 3 aromatic rings. The van der Waals surface area contributed by atoms with E-state index in [0.29, 0.717) is 24.3 Å². The van der Waals surface area contributed by atoms with Gasteiger partial charge in [-0.2, -0.15) is 0 Å². The third-order valence-electron chi connectivity index (χ3n) is 3.80. The number of methoxy groups -OCH3 is 2. The first-order chi connectivity index (χ1) is 13.2. The number of nitrogens with one attached hydrogen (secondary N) is 1. The molecule has 3 rings (SSSR count). The summed E-state index contributed by atoms with van der Waals surface area (Å²) in [5.74, 6) is 1.26. The highest BCUT2D eigenvalue weighted by molar-refractivity contribution is 8.01. The number of aryl methyl sites for hydroxylation is 1. The van der Waals surface area contributed by atoms with Gasteiger partial charge in [0.05, 0.1) is 19.9 Å². The highest BCUT2D eigenvalue weighted by Crippen LogP contribution is 2.34. The van der Waals surface area contributed by atoms with Crippen LogP contribution in [0.1, 0.15) is 12.0 Å². The summed E-state index contributed by atoms with van der Waals surface area (Å²) in [6.45, 7) is 0. The van der Waals surface area contributed by atoms with Crippen LogP contribution in [0, 0.1) is 0 Å². The highest BCUT2D eigenvalue weighted by Gasteiger charge is 2.13. The summed E-state index contributed by atoms with van der Waals surface area (Å²) >= 11 is 2.94. The molecular weight excluding hydrogens is 382 g/mol. The molecule has 27 heavy (non-hydrogen) atoms. The normalized spacial score (nSPS) is 10.4. The maximum absolute atomic E-state index is 12.5. The number of carbonyl (C=O) groups is 1. The van der Waals surface area contributed by atoms with Crippen LogP contribution in [-0.2, 0) is 11.2 Å². The lowest BCUT2D eigenvalue weighted by Gasteiger charge is -2.13. The smallest absolute Gasteiger partial charge is 0.224 e. The molecule has 1 heterocycles. The fourth-order valence-electron chi connectivity index (χ4n) is 2.57. The van der Waals surface area contributed by atoms with Crippen LogP contribution in [0.2, 0.25) is 0 Å². The van der Waals surface area contributed by atoms with Crippen molar-refractivity contribution in [3.05, 3.63) is 53.5 Å². The molecule has 6 nitrogen and oxygen atoms in total. The van der Waals surface area contributed by atoms with Crippen LogP contribution in [-0.4, -0.2) is 30.3 Å². The maximum atomic E-state index is 12.5. The first-order valence-electron chi connectivity index (χ1n) is 8.24. The van der Waals surface area contributed by atoms with E-state index in [1.54, 1.807) is 19.7 Å². The van der Waals surface area contributed by atoms with E-state index in [-0.39, 0.29) is 5.91 Å². The van der Waals surface area contributed by atoms with E-state index in [1.807, 2.05) is 42.5 Å². The lowest BCUT2D eigenvalue weighted by Crippen LogP contribution is -2.13. The van der Waals surface area contributed by atoms with E-state index in [2.05, 4.69) is 15.5 Å². The van der Waals surface area contributed by atoms with E-state index in [4.69, 9.17) is 9.47 Å². The van der Waals surface area contributed by atoms with E-state index in [0.717, 1.165) is 20.5 Å². The molecule has 0 fully saturated rings. The number of hydrogen-bond acceptors (Lipinski definition) is 7. The molecule has 0 unspecified atom stereocenters. The maximum Gasteiger partial charge on any atom is 0.224 e. The number of ether oxygens (including phenoxy) is 2. The van der Waals surface area contributed by atoms with Crippen molar-refractivity contribution in [3.8, 4) is 11.5 Å². The summed E-state index contributed by atoms with van der Waals surface area (Å²) in [6.07, 6.45) is 0.888. The predicted octanol–water partition coefficient (Wildman–Crippen LogP) is 4.28. The molecule has 0 bridgehead atoms. The second-order valence-electron chi connectivity index (χ2n) is 5.50. The van der Waals surface area contributed by atoms with Crippen LogP contribution in [0.25, 0.3) is 0 Å². The zero-order valence-corrected chi connectivity index (χ0v) is 16.6. The number of rotatable bonds is 8. The Balaban J connectivity index is 1.65. The van der Waals surface area contributed by atoms with Crippen molar-refractivity contribution < 1.29 is 14.3 Å².